The minimum Gasteiger partial charge on any atom is -0.726 e. The summed E-state index contributed by atoms with van der Waals surface area (Å²) in [7, 11) is 6.24. The number of aromatic nitrogens is 2. The summed E-state index contributed by atoms with van der Waals surface area (Å²) in [6.07, 6.45) is 4.03. The Labute approximate surface area is 192 Å². The Balaban J connectivity index is 0.000000703. The zero-order valence-electron chi connectivity index (χ0n) is 18.5. The highest BCUT2D eigenvalue weighted by molar-refractivity contribution is 8.76. The van der Waals surface area contributed by atoms with Gasteiger partial charge < -0.3 is 15.2 Å². The normalized spacial score (nSPS) is 10.9. The highest BCUT2D eigenvalue weighted by atomic mass is 33.1. The van der Waals surface area contributed by atoms with Gasteiger partial charge >= 0.3 is 5.95 Å². The van der Waals surface area contributed by atoms with Crippen molar-refractivity contribution in [3.63, 3.8) is 0 Å². The van der Waals surface area contributed by atoms with Gasteiger partial charge in [0.15, 0.2) is 0 Å². The van der Waals surface area contributed by atoms with Crippen LogP contribution >= 0.6 is 21.6 Å². The van der Waals surface area contributed by atoms with Crippen molar-refractivity contribution in [2.75, 3.05) is 54.9 Å². The number of anilines is 3. The molecule has 0 unspecified atom stereocenters. The standard InChI is InChI=1S/C17H28N6S2.CH4O4S/c1-14-13-15(19-8-12-25-24-11-7-18-2)5-6-16(14)20-21-17-22(3)9-10-23(17)4;1-5-6(2,3)4/h5-6,9-10,13,18-20H,7-8,11-12H2,1-4H3;1H3,(H,2,3,4). The molecule has 0 spiro atoms. The fourth-order valence-corrected chi connectivity index (χ4v) is 4.22. The van der Waals surface area contributed by atoms with Crippen molar-refractivity contribution in [2.24, 2.45) is 14.1 Å². The number of aryl methyl sites for hydroxylation is 3. The third kappa shape index (κ3) is 11.5. The SMILES string of the molecule is CNCCSSCCNc1ccc(NNc2n(C)cc[n+]2C)c(C)c1.COS(=O)(=O)[O-]. The Morgan fingerprint density at radius 3 is 2.35 bits per heavy atom. The molecule has 0 aliphatic heterocycles. The molecule has 13 heteroatoms. The van der Waals surface area contributed by atoms with Gasteiger partial charge in [-0.25, -0.2) is 17.6 Å². The van der Waals surface area contributed by atoms with Crippen LogP contribution in [0, 0.1) is 6.92 Å². The van der Waals surface area contributed by atoms with Crippen LogP contribution in [0.5, 0.6) is 0 Å². The van der Waals surface area contributed by atoms with Crippen LogP contribution < -0.4 is 26.1 Å². The van der Waals surface area contributed by atoms with Crippen LogP contribution in [-0.4, -0.2) is 56.3 Å². The lowest BCUT2D eigenvalue weighted by Crippen LogP contribution is -2.32. The first-order chi connectivity index (χ1) is 14.7. The van der Waals surface area contributed by atoms with Gasteiger partial charge in [-0.15, -0.1) is 0 Å². The minimum atomic E-state index is -4.41. The molecule has 31 heavy (non-hydrogen) atoms. The summed E-state index contributed by atoms with van der Waals surface area (Å²) in [6.45, 7) is 4.15. The third-order valence-corrected chi connectivity index (χ3v) is 6.77. The molecule has 176 valence electrons. The van der Waals surface area contributed by atoms with Gasteiger partial charge in [0.25, 0.3) is 0 Å². The number of imidazole rings is 1. The summed E-state index contributed by atoms with van der Waals surface area (Å²) in [5, 5.41) is 6.64. The van der Waals surface area contributed by atoms with E-state index in [2.05, 4.69) is 50.8 Å². The molecule has 0 atom stereocenters. The summed E-state index contributed by atoms with van der Waals surface area (Å²) >= 11 is 0. The molecule has 1 aromatic heterocycles. The molecule has 2 aromatic rings. The fourth-order valence-electron chi connectivity index (χ4n) is 2.30. The Morgan fingerprint density at radius 2 is 1.84 bits per heavy atom. The smallest absolute Gasteiger partial charge is 0.378 e. The van der Waals surface area contributed by atoms with Crippen molar-refractivity contribution in [2.45, 2.75) is 6.92 Å². The van der Waals surface area contributed by atoms with E-state index in [1.54, 1.807) is 0 Å². The zero-order valence-corrected chi connectivity index (χ0v) is 20.9. The monoisotopic (exact) mass is 492 g/mol. The van der Waals surface area contributed by atoms with E-state index in [1.165, 1.54) is 5.56 Å². The topological polar surface area (TPSA) is 123 Å². The first-order valence-electron chi connectivity index (χ1n) is 9.46. The molecule has 1 aromatic carbocycles. The highest BCUT2D eigenvalue weighted by Gasteiger charge is 2.10. The summed E-state index contributed by atoms with van der Waals surface area (Å²) in [5.41, 5.74) is 9.98. The van der Waals surface area contributed by atoms with E-state index in [1.807, 2.05) is 64.3 Å². The van der Waals surface area contributed by atoms with E-state index in [0.29, 0.717) is 0 Å². The molecule has 0 fully saturated rings. The maximum absolute atomic E-state index is 9.22. The van der Waals surface area contributed by atoms with Gasteiger partial charge in [0.2, 0.25) is 10.4 Å². The number of nitrogens with zero attached hydrogens (tertiary/aromatic N) is 2. The summed E-state index contributed by atoms with van der Waals surface area (Å²) in [4.78, 5) is 0. The molecule has 0 saturated heterocycles. The van der Waals surface area contributed by atoms with Crippen molar-refractivity contribution < 1.29 is 21.7 Å². The number of nitrogens with one attached hydrogen (secondary N) is 4. The largest absolute Gasteiger partial charge is 0.726 e. The van der Waals surface area contributed by atoms with Crippen molar-refractivity contribution in [3.8, 4) is 0 Å². The maximum Gasteiger partial charge on any atom is 0.378 e. The summed E-state index contributed by atoms with van der Waals surface area (Å²) < 4.78 is 35.1. The maximum atomic E-state index is 9.22. The Morgan fingerprint density at radius 1 is 1.19 bits per heavy atom. The van der Waals surface area contributed by atoms with Gasteiger partial charge in [0, 0.05) is 30.3 Å². The van der Waals surface area contributed by atoms with E-state index in [0.717, 1.165) is 49.0 Å². The number of benzene rings is 1. The van der Waals surface area contributed by atoms with Crippen LogP contribution in [0.2, 0.25) is 0 Å². The van der Waals surface area contributed by atoms with E-state index in [4.69, 9.17) is 0 Å². The second kappa shape index (κ2) is 14.4. The second-order valence-corrected chi connectivity index (χ2v) is 10.2. The first kappa shape index (κ1) is 27.4. The predicted octanol–water partition coefficient (Wildman–Crippen LogP) is 1.70. The van der Waals surface area contributed by atoms with Gasteiger partial charge in [-0.05, 0) is 37.7 Å². The van der Waals surface area contributed by atoms with Crippen molar-refractivity contribution in [1.82, 2.24) is 9.88 Å². The van der Waals surface area contributed by atoms with Gasteiger partial charge in [0.05, 0.1) is 39.3 Å². The minimum absolute atomic E-state index is 0.808. The van der Waals surface area contributed by atoms with E-state index in [-0.39, 0.29) is 0 Å². The second-order valence-electron chi connectivity index (χ2n) is 6.37. The predicted molar refractivity (Wildman–Crippen MR) is 129 cm³/mol. The van der Waals surface area contributed by atoms with Crippen molar-refractivity contribution >= 4 is 49.3 Å². The van der Waals surface area contributed by atoms with Crippen molar-refractivity contribution in [1.29, 1.82) is 0 Å². The average Bonchev–Trinajstić information content (AvgIpc) is 3.04. The zero-order chi connectivity index (χ0) is 23.3. The molecule has 4 N–H and O–H groups in total. The number of hydrogen-bond acceptors (Lipinski definition) is 10. The van der Waals surface area contributed by atoms with Crippen LogP contribution in [0.25, 0.3) is 0 Å². The number of hydrogen-bond donors (Lipinski definition) is 4. The van der Waals surface area contributed by atoms with Gasteiger partial charge in [0.1, 0.15) is 0 Å². The summed E-state index contributed by atoms with van der Waals surface area (Å²) in [5.74, 6) is 3.24. The molecule has 0 radical (unpaired) electrons. The van der Waals surface area contributed by atoms with Crippen LogP contribution in [0.3, 0.4) is 0 Å². The van der Waals surface area contributed by atoms with Gasteiger partial charge in [-0.1, -0.05) is 21.6 Å². The lowest BCUT2D eigenvalue weighted by atomic mass is 10.2. The highest BCUT2D eigenvalue weighted by Crippen LogP contribution is 2.22. The molecule has 0 amide bonds. The van der Waals surface area contributed by atoms with Crippen LogP contribution in [0.15, 0.2) is 30.6 Å². The summed E-state index contributed by atoms with van der Waals surface area (Å²) in [6, 6.07) is 6.39. The molecule has 0 aliphatic carbocycles. The number of rotatable bonds is 12. The van der Waals surface area contributed by atoms with Crippen molar-refractivity contribution in [3.05, 3.63) is 36.2 Å². The molecular weight excluding hydrogens is 460 g/mol. The third-order valence-electron chi connectivity index (χ3n) is 3.95. The van der Waals surface area contributed by atoms with E-state index in [9.17, 15) is 13.0 Å². The van der Waals surface area contributed by atoms with Gasteiger partial charge in [-0.3, -0.25) is 9.61 Å². The lowest BCUT2D eigenvalue weighted by molar-refractivity contribution is -0.656. The average molecular weight is 493 g/mol. The molecule has 2 rings (SSSR count). The van der Waals surface area contributed by atoms with E-state index < -0.39 is 10.4 Å². The van der Waals surface area contributed by atoms with Gasteiger partial charge in [-0.2, -0.15) is 5.43 Å². The Hall–Kier alpha value is -1.64. The molecule has 0 bridgehead atoms. The first-order valence-corrected chi connectivity index (χ1v) is 13.3. The molecule has 10 nitrogen and oxygen atoms in total. The van der Waals surface area contributed by atoms with E-state index >= 15 is 0 Å². The Bertz CT molecular complexity index is 873. The number of hydrazine groups is 1. The van der Waals surface area contributed by atoms with Crippen LogP contribution in [0.1, 0.15) is 5.56 Å². The molecule has 1 heterocycles. The quantitative estimate of drug-likeness (QED) is 0.0869. The lowest BCUT2D eigenvalue weighted by Gasteiger charge is -2.11. The van der Waals surface area contributed by atoms with Crippen LogP contribution in [-0.2, 0) is 28.7 Å². The molecular formula is C18H32N6O4S3. The fraction of sp³-hybridized carbons (Fsp3) is 0.500. The molecule has 0 saturated carbocycles. The Kier molecular flexibility index (Phi) is 12.7. The molecule has 0 aliphatic rings. The van der Waals surface area contributed by atoms with Crippen LogP contribution in [0.4, 0.5) is 17.3 Å².